The third-order valence-electron chi connectivity index (χ3n) is 4.54. The van der Waals surface area contributed by atoms with Gasteiger partial charge < -0.3 is 10.6 Å². The molecule has 1 heterocycles. The van der Waals surface area contributed by atoms with Gasteiger partial charge in [-0.2, -0.15) is 0 Å². The summed E-state index contributed by atoms with van der Waals surface area (Å²) >= 11 is 0. The fourth-order valence-electron chi connectivity index (χ4n) is 3.20. The van der Waals surface area contributed by atoms with Gasteiger partial charge in [0.15, 0.2) is 0 Å². The molecule has 2 rings (SSSR count). The molecule has 5 heteroatoms. The molecular weight excluding hydrogens is 315 g/mol. The molecular formula is C18H28ClFN2O. The fraction of sp³-hybridized carbons (Fsp3) is 0.611. The Morgan fingerprint density at radius 3 is 2.78 bits per heavy atom. The Bertz CT molecular complexity index is 492. The average Bonchev–Trinajstić information content (AvgIpc) is 2.50. The lowest BCUT2D eigenvalue weighted by Gasteiger charge is -2.28. The molecule has 1 aliphatic rings. The molecule has 0 aromatic heterocycles. The minimum atomic E-state index is -0.203. The van der Waals surface area contributed by atoms with Gasteiger partial charge in [0.05, 0.1) is 0 Å². The molecule has 1 aromatic carbocycles. The molecule has 130 valence electrons. The Morgan fingerprint density at radius 1 is 1.39 bits per heavy atom. The Morgan fingerprint density at radius 2 is 2.13 bits per heavy atom. The number of nitrogens with one attached hydrogen (secondary N) is 2. The molecule has 0 spiro atoms. The summed E-state index contributed by atoms with van der Waals surface area (Å²) in [6, 6.07) is 6.68. The molecule has 0 saturated carbocycles. The van der Waals surface area contributed by atoms with Gasteiger partial charge in [0.1, 0.15) is 5.82 Å². The fourth-order valence-corrected chi connectivity index (χ4v) is 3.20. The van der Waals surface area contributed by atoms with E-state index in [1.54, 1.807) is 12.1 Å². The Labute approximate surface area is 144 Å². The summed E-state index contributed by atoms with van der Waals surface area (Å²) < 4.78 is 13.6. The quantitative estimate of drug-likeness (QED) is 0.832. The first kappa shape index (κ1) is 19.9. The van der Waals surface area contributed by atoms with E-state index in [0.29, 0.717) is 30.2 Å². The van der Waals surface area contributed by atoms with Crippen LogP contribution >= 0.6 is 12.4 Å². The second kappa shape index (κ2) is 9.89. The summed E-state index contributed by atoms with van der Waals surface area (Å²) in [5.41, 5.74) is 0.653. The Balaban J connectivity index is 0.00000264. The number of halogens is 2. The minimum Gasteiger partial charge on any atom is -0.353 e. The van der Waals surface area contributed by atoms with E-state index in [2.05, 4.69) is 17.6 Å². The van der Waals surface area contributed by atoms with Crippen LogP contribution in [0.3, 0.4) is 0 Å². The van der Waals surface area contributed by atoms with Gasteiger partial charge in [0.2, 0.25) is 5.91 Å². The molecule has 1 aliphatic heterocycles. The zero-order chi connectivity index (χ0) is 15.9. The van der Waals surface area contributed by atoms with E-state index < -0.39 is 0 Å². The molecule has 1 saturated heterocycles. The smallest absolute Gasteiger partial charge is 0.220 e. The van der Waals surface area contributed by atoms with Crippen LogP contribution in [0.15, 0.2) is 24.3 Å². The third-order valence-corrected chi connectivity index (χ3v) is 4.54. The molecule has 1 amide bonds. The first-order valence-corrected chi connectivity index (χ1v) is 8.29. The van der Waals surface area contributed by atoms with Crippen LogP contribution in [0.25, 0.3) is 0 Å². The number of amides is 1. The Hall–Kier alpha value is -1.13. The van der Waals surface area contributed by atoms with Crippen LogP contribution in [0.2, 0.25) is 0 Å². The second-order valence-corrected chi connectivity index (χ2v) is 6.55. The summed E-state index contributed by atoms with van der Waals surface area (Å²) in [7, 11) is 0. The molecule has 1 aromatic rings. The normalized spacial score (nSPS) is 20.2. The van der Waals surface area contributed by atoms with E-state index in [1.807, 2.05) is 13.0 Å². The highest BCUT2D eigenvalue weighted by molar-refractivity contribution is 5.85. The number of hydrogen-bond donors (Lipinski definition) is 2. The standard InChI is InChI=1S/C18H27FN2O.ClH/c1-13(16-7-5-9-20-12-16)10-18(22)21-14(2)11-15-6-3-4-8-17(15)19;/h3-4,6,8,13-14,16,20H,5,7,9-12H2,1-2H3,(H,21,22);1H. The molecule has 0 aliphatic carbocycles. The second-order valence-electron chi connectivity index (χ2n) is 6.55. The SMILES string of the molecule is CC(Cc1ccccc1F)NC(=O)CC(C)C1CCCNC1.Cl. The van der Waals surface area contributed by atoms with E-state index in [4.69, 9.17) is 0 Å². The number of carbonyl (C=O) groups excluding carboxylic acids is 1. The van der Waals surface area contributed by atoms with Crippen LogP contribution in [0.1, 0.15) is 38.7 Å². The van der Waals surface area contributed by atoms with Gasteiger partial charge in [-0.05, 0) is 62.7 Å². The first-order valence-electron chi connectivity index (χ1n) is 8.29. The number of carbonyl (C=O) groups is 1. The van der Waals surface area contributed by atoms with Crippen molar-refractivity contribution in [3.8, 4) is 0 Å². The minimum absolute atomic E-state index is 0. The summed E-state index contributed by atoms with van der Waals surface area (Å²) in [5, 5.41) is 6.39. The van der Waals surface area contributed by atoms with Crippen molar-refractivity contribution in [2.45, 2.75) is 45.6 Å². The molecule has 2 N–H and O–H groups in total. The predicted molar refractivity (Wildman–Crippen MR) is 94.3 cm³/mol. The van der Waals surface area contributed by atoms with Crippen LogP contribution in [0.5, 0.6) is 0 Å². The molecule has 3 nitrogen and oxygen atoms in total. The van der Waals surface area contributed by atoms with Crippen molar-refractivity contribution in [1.29, 1.82) is 0 Å². The van der Waals surface area contributed by atoms with Crippen LogP contribution in [0, 0.1) is 17.7 Å². The van der Waals surface area contributed by atoms with Crippen LogP contribution in [-0.4, -0.2) is 25.0 Å². The Kier molecular flexibility index (Phi) is 8.56. The molecule has 0 radical (unpaired) electrons. The number of piperidine rings is 1. The van der Waals surface area contributed by atoms with Crippen molar-refractivity contribution in [3.63, 3.8) is 0 Å². The summed E-state index contributed by atoms with van der Waals surface area (Å²) in [6.45, 7) is 6.18. The topological polar surface area (TPSA) is 41.1 Å². The maximum absolute atomic E-state index is 13.6. The number of benzene rings is 1. The van der Waals surface area contributed by atoms with E-state index in [-0.39, 0.29) is 30.2 Å². The van der Waals surface area contributed by atoms with Crippen molar-refractivity contribution >= 4 is 18.3 Å². The monoisotopic (exact) mass is 342 g/mol. The lowest BCUT2D eigenvalue weighted by molar-refractivity contribution is -0.122. The zero-order valence-corrected chi connectivity index (χ0v) is 14.8. The van der Waals surface area contributed by atoms with Gasteiger partial charge in [0.25, 0.3) is 0 Å². The maximum atomic E-state index is 13.6. The largest absolute Gasteiger partial charge is 0.353 e. The van der Waals surface area contributed by atoms with Gasteiger partial charge in [-0.15, -0.1) is 12.4 Å². The van der Waals surface area contributed by atoms with Crippen LogP contribution in [0.4, 0.5) is 4.39 Å². The highest BCUT2D eigenvalue weighted by Crippen LogP contribution is 2.22. The lowest BCUT2D eigenvalue weighted by Crippen LogP contribution is -2.38. The van der Waals surface area contributed by atoms with Gasteiger partial charge in [-0.3, -0.25) is 4.79 Å². The van der Waals surface area contributed by atoms with Crippen molar-refractivity contribution in [2.75, 3.05) is 13.1 Å². The molecule has 3 unspecified atom stereocenters. The predicted octanol–water partition coefficient (Wildman–Crippen LogP) is 3.32. The summed E-state index contributed by atoms with van der Waals surface area (Å²) in [5.74, 6) is 0.835. The van der Waals surface area contributed by atoms with Crippen LogP contribution in [-0.2, 0) is 11.2 Å². The van der Waals surface area contributed by atoms with Crippen molar-refractivity contribution in [2.24, 2.45) is 11.8 Å². The lowest BCUT2D eigenvalue weighted by atomic mass is 9.85. The molecule has 23 heavy (non-hydrogen) atoms. The van der Waals surface area contributed by atoms with Gasteiger partial charge in [-0.1, -0.05) is 25.1 Å². The van der Waals surface area contributed by atoms with E-state index >= 15 is 0 Å². The highest BCUT2D eigenvalue weighted by Gasteiger charge is 2.22. The highest BCUT2D eigenvalue weighted by atomic mass is 35.5. The van der Waals surface area contributed by atoms with Gasteiger partial charge >= 0.3 is 0 Å². The number of rotatable bonds is 6. The first-order chi connectivity index (χ1) is 10.6. The number of hydrogen-bond acceptors (Lipinski definition) is 2. The van der Waals surface area contributed by atoms with Crippen molar-refractivity contribution in [3.05, 3.63) is 35.6 Å². The molecule has 3 atom stereocenters. The maximum Gasteiger partial charge on any atom is 0.220 e. The van der Waals surface area contributed by atoms with Crippen molar-refractivity contribution in [1.82, 2.24) is 10.6 Å². The molecule has 0 bridgehead atoms. The van der Waals surface area contributed by atoms with Crippen LogP contribution < -0.4 is 10.6 Å². The summed E-state index contributed by atoms with van der Waals surface area (Å²) in [6.07, 6.45) is 3.47. The van der Waals surface area contributed by atoms with E-state index in [0.717, 1.165) is 13.1 Å². The molecule has 1 fully saturated rings. The third kappa shape index (κ3) is 6.48. The van der Waals surface area contributed by atoms with Gasteiger partial charge in [-0.25, -0.2) is 4.39 Å². The van der Waals surface area contributed by atoms with Crippen molar-refractivity contribution < 1.29 is 9.18 Å². The van der Waals surface area contributed by atoms with E-state index in [1.165, 1.54) is 18.9 Å². The van der Waals surface area contributed by atoms with E-state index in [9.17, 15) is 9.18 Å². The van der Waals surface area contributed by atoms with Gasteiger partial charge in [0, 0.05) is 12.5 Å². The zero-order valence-electron chi connectivity index (χ0n) is 14.0. The average molecular weight is 343 g/mol. The summed E-state index contributed by atoms with van der Waals surface area (Å²) in [4.78, 5) is 12.2.